The van der Waals surface area contributed by atoms with Gasteiger partial charge in [-0.05, 0) is 43.5 Å². The summed E-state index contributed by atoms with van der Waals surface area (Å²) in [5.41, 5.74) is 8.24. The predicted octanol–water partition coefficient (Wildman–Crippen LogP) is 1.63. The van der Waals surface area contributed by atoms with Crippen molar-refractivity contribution >= 4 is 5.91 Å². The van der Waals surface area contributed by atoms with Crippen LogP contribution in [0.15, 0.2) is 18.2 Å². The lowest BCUT2D eigenvalue weighted by molar-refractivity contribution is -0.130. The number of benzene rings is 1. The molecule has 1 aromatic carbocycles. The van der Waals surface area contributed by atoms with Gasteiger partial charge >= 0.3 is 0 Å². The molecule has 19 heavy (non-hydrogen) atoms. The molecule has 1 amide bonds. The van der Waals surface area contributed by atoms with Gasteiger partial charge < -0.3 is 15.4 Å². The Morgan fingerprint density at radius 2 is 2.21 bits per heavy atom. The number of carbonyl (C=O) groups excluding carboxylic acids is 1. The molecule has 1 fully saturated rings. The van der Waals surface area contributed by atoms with E-state index in [-0.39, 0.29) is 11.9 Å². The van der Waals surface area contributed by atoms with E-state index >= 15 is 0 Å². The Labute approximate surface area is 114 Å². The Morgan fingerprint density at radius 1 is 1.42 bits per heavy atom. The number of aryl methyl sites for hydroxylation is 2. The van der Waals surface area contributed by atoms with Gasteiger partial charge in [0, 0.05) is 19.1 Å². The summed E-state index contributed by atoms with van der Waals surface area (Å²) in [6.45, 7) is 6.01. The molecule has 104 valence electrons. The molecule has 0 bridgehead atoms. The third kappa shape index (κ3) is 3.70. The summed E-state index contributed by atoms with van der Waals surface area (Å²) in [7, 11) is 0. The molecule has 1 aliphatic rings. The highest BCUT2D eigenvalue weighted by Gasteiger charge is 2.23. The van der Waals surface area contributed by atoms with Gasteiger partial charge in [-0.1, -0.05) is 6.07 Å². The third-order valence-corrected chi connectivity index (χ3v) is 3.64. The van der Waals surface area contributed by atoms with E-state index < -0.39 is 0 Å². The van der Waals surface area contributed by atoms with Gasteiger partial charge in [0.2, 0.25) is 5.91 Å². The topological polar surface area (TPSA) is 55.6 Å². The van der Waals surface area contributed by atoms with Gasteiger partial charge in [0.15, 0.2) is 0 Å². The lowest BCUT2D eigenvalue weighted by atomic mass is 10.1. The first kappa shape index (κ1) is 13.9. The fourth-order valence-corrected chi connectivity index (χ4v) is 2.23. The van der Waals surface area contributed by atoms with E-state index in [1.807, 2.05) is 23.1 Å². The van der Waals surface area contributed by atoms with Crippen LogP contribution in [0.4, 0.5) is 0 Å². The molecule has 2 N–H and O–H groups in total. The normalized spacial score (nSPS) is 18.7. The minimum absolute atomic E-state index is 0.136. The first-order chi connectivity index (χ1) is 9.06. The molecule has 1 aliphatic heterocycles. The quantitative estimate of drug-likeness (QED) is 0.897. The number of carbonyl (C=O) groups is 1. The van der Waals surface area contributed by atoms with Crippen LogP contribution in [0.1, 0.15) is 24.0 Å². The van der Waals surface area contributed by atoms with Crippen LogP contribution >= 0.6 is 0 Å². The molecule has 1 atom stereocenters. The second-order valence-corrected chi connectivity index (χ2v) is 5.23. The van der Waals surface area contributed by atoms with Crippen molar-refractivity contribution in [1.82, 2.24) is 4.90 Å². The summed E-state index contributed by atoms with van der Waals surface area (Å²) in [6.07, 6.45) is 1.32. The molecular weight excluding hydrogens is 240 g/mol. The summed E-state index contributed by atoms with van der Waals surface area (Å²) in [5.74, 6) is 0.964. The van der Waals surface area contributed by atoms with Crippen LogP contribution in [0.2, 0.25) is 0 Å². The van der Waals surface area contributed by atoms with Crippen molar-refractivity contribution in [3.63, 3.8) is 0 Å². The standard InChI is InChI=1S/C15H22N2O2/c1-11-3-4-14(9-12(11)2)19-8-6-15(18)17-7-5-13(16)10-17/h3-4,9,13H,5-8,10,16H2,1-2H3. The van der Waals surface area contributed by atoms with Crippen molar-refractivity contribution in [3.8, 4) is 5.75 Å². The van der Waals surface area contributed by atoms with Crippen LogP contribution in [0.3, 0.4) is 0 Å². The van der Waals surface area contributed by atoms with Crippen LogP contribution in [-0.4, -0.2) is 36.5 Å². The van der Waals surface area contributed by atoms with Crippen LogP contribution in [0.5, 0.6) is 5.75 Å². The van der Waals surface area contributed by atoms with Crippen molar-refractivity contribution in [2.45, 2.75) is 32.7 Å². The van der Waals surface area contributed by atoms with E-state index in [1.54, 1.807) is 0 Å². The first-order valence-corrected chi connectivity index (χ1v) is 6.79. The molecule has 4 heteroatoms. The number of amides is 1. The van der Waals surface area contributed by atoms with Crippen LogP contribution in [0.25, 0.3) is 0 Å². The van der Waals surface area contributed by atoms with Gasteiger partial charge in [0.05, 0.1) is 13.0 Å². The van der Waals surface area contributed by atoms with Gasteiger partial charge in [-0.3, -0.25) is 4.79 Å². The number of ether oxygens (including phenoxy) is 1. The second-order valence-electron chi connectivity index (χ2n) is 5.23. The number of rotatable bonds is 4. The zero-order chi connectivity index (χ0) is 13.8. The van der Waals surface area contributed by atoms with Crippen molar-refractivity contribution in [2.24, 2.45) is 5.73 Å². The summed E-state index contributed by atoms with van der Waals surface area (Å²) < 4.78 is 5.62. The molecule has 1 saturated heterocycles. The fraction of sp³-hybridized carbons (Fsp3) is 0.533. The fourth-order valence-electron chi connectivity index (χ4n) is 2.23. The lowest BCUT2D eigenvalue weighted by Gasteiger charge is -2.16. The summed E-state index contributed by atoms with van der Waals surface area (Å²) in [6, 6.07) is 6.13. The predicted molar refractivity (Wildman–Crippen MR) is 75.2 cm³/mol. The Morgan fingerprint density at radius 3 is 2.84 bits per heavy atom. The molecule has 2 rings (SSSR count). The van der Waals surface area contributed by atoms with Crippen molar-refractivity contribution in [1.29, 1.82) is 0 Å². The smallest absolute Gasteiger partial charge is 0.226 e. The molecule has 4 nitrogen and oxygen atoms in total. The zero-order valence-electron chi connectivity index (χ0n) is 11.7. The minimum atomic E-state index is 0.136. The van der Waals surface area contributed by atoms with E-state index in [1.165, 1.54) is 11.1 Å². The number of nitrogens with zero attached hydrogens (tertiary/aromatic N) is 1. The Hall–Kier alpha value is -1.55. The van der Waals surface area contributed by atoms with Crippen molar-refractivity contribution in [2.75, 3.05) is 19.7 Å². The SMILES string of the molecule is Cc1ccc(OCCC(=O)N2CCC(N)C2)cc1C. The minimum Gasteiger partial charge on any atom is -0.493 e. The maximum atomic E-state index is 11.9. The van der Waals surface area contributed by atoms with E-state index in [0.29, 0.717) is 19.6 Å². The molecule has 1 aromatic rings. The molecule has 1 unspecified atom stereocenters. The monoisotopic (exact) mass is 262 g/mol. The van der Waals surface area contributed by atoms with Gasteiger partial charge in [0.1, 0.15) is 5.75 Å². The van der Waals surface area contributed by atoms with E-state index in [9.17, 15) is 4.79 Å². The Balaban J connectivity index is 1.77. The van der Waals surface area contributed by atoms with E-state index in [2.05, 4.69) is 13.8 Å². The van der Waals surface area contributed by atoms with Gasteiger partial charge in [-0.2, -0.15) is 0 Å². The maximum Gasteiger partial charge on any atom is 0.226 e. The summed E-state index contributed by atoms with van der Waals surface area (Å²) in [4.78, 5) is 13.7. The average Bonchev–Trinajstić information content (AvgIpc) is 2.80. The first-order valence-electron chi connectivity index (χ1n) is 6.79. The van der Waals surface area contributed by atoms with Crippen LogP contribution in [0, 0.1) is 13.8 Å². The Bertz CT molecular complexity index is 459. The van der Waals surface area contributed by atoms with Crippen molar-refractivity contribution in [3.05, 3.63) is 29.3 Å². The van der Waals surface area contributed by atoms with Gasteiger partial charge in [-0.25, -0.2) is 0 Å². The second kappa shape index (κ2) is 6.06. The Kier molecular flexibility index (Phi) is 4.43. The molecular formula is C15H22N2O2. The van der Waals surface area contributed by atoms with Crippen LogP contribution < -0.4 is 10.5 Å². The summed E-state index contributed by atoms with van der Waals surface area (Å²) >= 11 is 0. The number of hydrogen-bond donors (Lipinski definition) is 1. The van der Waals surface area contributed by atoms with Crippen LogP contribution in [-0.2, 0) is 4.79 Å². The molecule has 1 heterocycles. The van der Waals surface area contributed by atoms with E-state index in [0.717, 1.165) is 18.7 Å². The lowest BCUT2D eigenvalue weighted by Crippen LogP contribution is -2.32. The van der Waals surface area contributed by atoms with Crippen molar-refractivity contribution < 1.29 is 9.53 Å². The zero-order valence-corrected chi connectivity index (χ0v) is 11.7. The van der Waals surface area contributed by atoms with Gasteiger partial charge in [0.25, 0.3) is 0 Å². The summed E-state index contributed by atoms with van der Waals surface area (Å²) in [5, 5.41) is 0. The molecule has 0 spiro atoms. The highest BCUT2D eigenvalue weighted by Crippen LogP contribution is 2.17. The number of nitrogens with two attached hydrogens (primary N) is 1. The number of likely N-dealkylation sites (tertiary alicyclic amines) is 1. The maximum absolute atomic E-state index is 11.9. The largest absolute Gasteiger partial charge is 0.493 e. The van der Waals surface area contributed by atoms with Gasteiger partial charge in [-0.15, -0.1) is 0 Å². The molecule has 0 aliphatic carbocycles. The third-order valence-electron chi connectivity index (χ3n) is 3.64. The van der Waals surface area contributed by atoms with E-state index in [4.69, 9.17) is 10.5 Å². The molecule has 0 saturated carbocycles. The highest BCUT2D eigenvalue weighted by molar-refractivity contribution is 5.76. The number of hydrogen-bond acceptors (Lipinski definition) is 3. The highest BCUT2D eigenvalue weighted by atomic mass is 16.5. The average molecular weight is 262 g/mol. The molecule has 0 radical (unpaired) electrons. The molecule has 0 aromatic heterocycles.